The van der Waals surface area contributed by atoms with Crippen LogP contribution < -0.4 is 10.6 Å². The van der Waals surface area contributed by atoms with E-state index in [-0.39, 0.29) is 0 Å². The molecule has 0 atom stereocenters. The molecule has 0 aliphatic rings. The number of hydrogen-bond acceptors (Lipinski definition) is 6. The van der Waals surface area contributed by atoms with Crippen LogP contribution in [0.15, 0.2) is 39.2 Å². The number of benzene rings is 1. The zero-order chi connectivity index (χ0) is 19.1. The number of aryl methyl sites for hydroxylation is 1. The van der Waals surface area contributed by atoms with Crippen LogP contribution in [-0.2, 0) is 12.8 Å². The Hall–Kier alpha value is -2.45. The van der Waals surface area contributed by atoms with E-state index in [4.69, 9.17) is 16.1 Å². The van der Waals surface area contributed by atoms with Crippen molar-refractivity contribution in [1.29, 1.82) is 0 Å². The first-order chi connectivity index (χ1) is 13.1. The Morgan fingerprint density at radius 1 is 1.15 bits per heavy atom. The van der Waals surface area contributed by atoms with Gasteiger partial charge < -0.3 is 15.2 Å². The van der Waals surface area contributed by atoms with Crippen LogP contribution in [0.3, 0.4) is 0 Å². The quantitative estimate of drug-likeness (QED) is 0.464. The van der Waals surface area contributed by atoms with E-state index in [0.717, 1.165) is 35.2 Å². The molecule has 27 heavy (non-hydrogen) atoms. The fraction of sp³-hybridized carbons (Fsp3) is 0.333. The minimum Gasteiger partial charge on any atom is -0.356 e. The van der Waals surface area contributed by atoms with Crippen LogP contribution in [0, 0.1) is 6.92 Å². The monoisotopic (exact) mass is 404 g/mol. The maximum Gasteiger partial charge on any atom is 0.228 e. The van der Waals surface area contributed by atoms with Gasteiger partial charge in [0.25, 0.3) is 0 Å². The van der Waals surface area contributed by atoms with E-state index in [2.05, 4.69) is 36.1 Å². The zero-order valence-electron chi connectivity index (χ0n) is 15.2. The molecule has 2 N–H and O–H groups in total. The highest BCUT2D eigenvalue weighted by Gasteiger charge is 2.09. The molecule has 3 rings (SSSR count). The average molecular weight is 405 g/mol. The first-order valence-electron chi connectivity index (χ1n) is 8.58. The molecule has 2 heterocycles. The molecule has 0 aliphatic carbocycles. The number of aromatic nitrogens is 3. The molecule has 0 saturated carbocycles. The summed E-state index contributed by atoms with van der Waals surface area (Å²) in [5.41, 5.74) is 1.97. The summed E-state index contributed by atoms with van der Waals surface area (Å²) in [5.74, 6) is 1.86. The molecule has 1 aromatic carbocycles. The molecule has 0 amide bonds. The molecule has 0 fully saturated rings. The van der Waals surface area contributed by atoms with Gasteiger partial charge >= 0.3 is 0 Å². The Morgan fingerprint density at radius 3 is 2.56 bits per heavy atom. The molecule has 9 heteroatoms. The Morgan fingerprint density at radius 2 is 1.89 bits per heavy atom. The zero-order valence-corrected chi connectivity index (χ0v) is 16.8. The van der Waals surface area contributed by atoms with E-state index in [0.29, 0.717) is 29.7 Å². The average Bonchev–Trinajstić information content (AvgIpc) is 3.30. The van der Waals surface area contributed by atoms with Crippen molar-refractivity contribution in [3.63, 3.8) is 0 Å². The smallest absolute Gasteiger partial charge is 0.228 e. The third kappa shape index (κ3) is 5.77. The lowest BCUT2D eigenvalue weighted by Gasteiger charge is -2.10. The second-order valence-electron chi connectivity index (χ2n) is 5.80. The maximum absolute atomic E-state index is 5.90. The highest BCUT2D eigenvalue weighted by molar-refractivity contribution is 7.09. The Labute approximate surface area is 166 Å². The normalized spacial score (nSPS) is 11.6. The molecular weight excluding hydrogens is 384 g/mol. The number of thiazole rings is 1. The number of nitrogens with zero attached hydrogens (tertiary/aromatic N) is 4. The van der Waals surface area contributed by atoms with Gasteiger partial charge in [0.15, 0.2) is 5.96 Å². The standard InChI is InChI=1S/C18H21ClN6OS/c1-12-23-15(11-27-12)7-9-21-18(20-2)22-10-8-16-24-17(25-26-16)13-3-5-14(19)6-4-13/h3-6,11H,7-10H2,1-2H3,(H2,20,21,22). The van der Waals surface area contributed by atoms with Crippen LogP contribution in [0.5, 0.6) is 0 Å². The lowest BCUT2D eigenvalue weighted by Crippen LogP contribution is -2.39. The molecular formula is C18H21ClN6OS. The van der Waals surface area contributed by atoms with E-state index in [1.54, 1.807) is 30.5 Å². The molecule has 142 valence electrons. The number of rotatable bonds is 7. The van der Waals surface area contributed by atoms with Crippen LogP contribution in [0.2, 0.25) is 5.02 Å². The van der Waals surface area contributed by atoms with Crippen molar-refractivity contribution in [1.82, 2.24) is 25.8 Å². The van der Waals surface area contributed by atoms with Gasteiger partial charge in [-0.1, -0.05) is 16.8 Å². The number of aliphatic imine (C=N–C) groups is 1. The molecule has 0 spiro atoms. The fourth-order valence-electron chi connectivity index (χ4n) is 2.41. The van der Waals surface area contributed by atoms with Crippen molar-refractivity contribution < 1.29 is 4.52 Å². The summed E-state index contributed by atoms with van der Waals surface area (Å²) in [6.45, 7) is 3.42. The molecule has 2 aromatic heterocycles. The van der Waals surface area contributed by atoms with Crippen LogP contribution >= 0.6 is 22.9 Å². The minimum atomic E-state index is 0.558. The van der Waals surface area contributed by atoms with Crippen LogP contribution in [-0.4, -0.2) is 41.2 Å². The summed E-state index contributed by atoms with van der Waals surface area (Å²) < 4.78 is 5.30. The highest BCUT2D eigenvalue weighted by atomic mass is 35.5. The third-order valence-electron chi connectivity index (χ3n) is 3.77. The summed E-state index contributed by atoms with van der Waals surface area (Å²) in [6, 6.07) is 7.34. The summed E-state index contributed by atoms with van der Waals surface area (Å²) in [6.07, 6.45) is 1.46. The summed E-state index contributed by atoms with van der Waals surface area (Å²) in [7, 11) is 1.74. The van der Waals surface area contributed by atoms with Crippen molar-refractivity contribution in [3.05, 3.63) is 51.3 Å². The van der Waals surface area contributed by atoms with E-state index in [1.807, 2.05) is 19.1 Å². The first kappa shape index (κ1) is 19.3. The van der Waals surface area contributed by atoms with E-state index in [9.17, 15) is 0 Å². The van der Waals surface area contributed by atoms with Crippen molar-refractivity contribution in [2.45, 2.75) is 19.8 Å². The van der Waals surface area contributed by atoms with Crippen molar-refractivity contribution in [2.24, 2.45) is 4.99 Å². The topological polar surface area (TPSA) is 88.2 Å². The fourth-order valence-corrected chi connectivity index (χ4v) is 3.19. The van der Waals surface area contributed by atoms with Gasteiger partial charge in [-0.2, -0.15) is 4.98 Å². The van der Waals surface area contributed by atoms with E-state index in [1.165, 1.54) is 0 Å². The second-order valence-corrected chi connectivity index (χ2v) is 7.30. The molecule has 7 nitrogen and oxygen atoms in total. The highest BCUT2D eigenvalue weighted by Crippen LogP contribution is 2.18. The Kier molecular flexibility index (Phi) is 6.78. The van der Waals surface area contributed by atoms with E-state index < -0.39 is 0 Å². The summed E-state index contributed by atoms with van der Waals surface area (Å²) in [5, 5.41) is 14.4. The van der Waals surface area contributed by atoms with Gasteiger partial charge in [-0.3, -0.25) is 4.99 Å². The van der Waals surface area contributed by atoms with Gasteiger partial charge in [-0.15, -0.1) is 11.3 Å². The molecule has 0 unspecified atom stereocenters. The van der Waals surface area contributed by atoms with Gasteiger partial charge in [0.1, 0.15) is 0 Å². The number of hydrogen-bond donors (Lipinski definition) is 2. The third-order valence-corrected chi connectivity index (χ3v) is 4.84. The van der Waals surface area contributed by atoms with Gasteiger partial charge in [0.05, 0.1) is 10.7 Å². The first-order valence-corrected chi connectivity index (χ1v) is 9.84. The molecule has 0 radical (unpaired) electrons. The molecule has 3 aromatic rings. The summed E-state index contributed by atoms with van der Waals surface area (Å²) in [4.78, 5) is 13.1. The number of halogens is 1. The SMILES string of the molecule is CN=C(NCCc1csc(C)n1)NCCc1nc(-c2ccc(Cl)cc2)no1. The Bertz CT molecular complexity index is 889. The van der Waals surface area contributed by atoms with Gasteiger partial charge in [0, 0.05) is 48.9 Å². The second kappa shape index (κ2) is 9.48. The van der Waals surface area contributed by atoms with Crippen LogP contribution in [0.25, 0.3) is 11.4 Å². The molecule has 0 aliphatic heterocycles. The predicted octanol–water partition coefficient (Wildman–Crippen LogP) is 3.11. The predicted molar refractivity (Wildman–Crippen MR) is 108 cm³/mol. The Balaban J connectivity index is 1.42. The largest absolute Gasteiger partial charge is 0.356 e. The van der Waals surface area contributed by atoms with Gasteiger partial charge in [-0.05, 0) is 31.2 Å². The molecule has 0 saturated heterocycles. The van der Waals surface area contributed by atoms with Crippen molar-refractivity contribution in [2.75, 3.05) is 20.1 Å². The summed E-state index contributed by atoms with van der Waals surface area (Å²) >= 11 is 7.56. The maximum atomic E-state index is 5.90. The van der Waals surface area contributed by atoms with Gasteiger partial charge in [-0.25, -0.2) is 4.98 Å². The lowest BCUT2D eigenvalue weighted by atomic mass is 10.2. The molecule has 0 bridgehead atoms. The number of guanidine groups is 1. The van der Waals surface area contributed by atoms with E-state index >= 15 is 0 Å². The van der Waals surface area contributed by atoms with Crippen LogP contribution in [0.4, 0.5) is 0 Å². The number of nitrogens with one attached hydrogen (secondary N) is 2. The van der Waals surface area contributed by atoms with Gasteiger partial charge in [0.2, 0.25) is 11.7 Å². The van der Waals surface area contributed by atoms with Crippen molar-refractivity contribution >= 4 is 28.9 Å². The minimum absolute atomic E-state index is 0.558. The van der Waals surface area contributed by atoms with Crippen molar-refractivity contribution in [3.8, 4) is 11.4 Å². The lowest BCUT2D eigenvalue weighted by molar-refractivity contribution is 0.378. The van der Waals surface area contributed by atoms with Crippen LogP contribution in [0.1, 0.15) is 16.6 Å².